The summed E-state index contributed by atoms with van der Waals surface area (Å²) in [6.45, 7) is 1.75. The van der Waals surface area contributed by atoms with Crippen LogP contribution in [0.1, 0.15) is 31.4 Å². The molecule has 1 aliphatic heterocycles. The molecule has 3 N–H and O–H groups in total. The van der Waals surface area contributed by atoms with E-state index in [4.69, 9.17) is 5.11 Å². The van der Waals surface area contributed by atoms with Gasteiger partial charge in [-0.15, -0.1) is 0 Å². The first-order valence-corrected chi connectivity index (χ1v) is 7.24. The van der Waals surface area contributed by atoms with Crippen LogP contribution in [0.5, 0.6) is 0 Å². The number of likely N-dealkylation sites (tertiary alicyclic amines) is 1. The minimum absolute atomic E-state index is 0.0409. The minimum atomic E-state index is -0.856. The van der Waals surface area contributed by atoms with Crippen molar-refractivity contribution < 1.29 is 14.7 Å². The molecule has 116 valence electrons. The smallest absolute Gasteiger partial charge is 0.407 e. The molecule has 1 aromatic rings. The molecule has 2 rings (SSSR count). The molecule has 0 aromatic carbocycles. The van der Waals surface area contributed by atoms with E-state index >= 15 is 0 Å². The lowest BCUT2D eigenvalue weighted by atomic mass is 9.97. The number of aryl methyl sites for hydroxylation is 1. The van der Waals surface area contributed by atoms with Gasteiger partial charge in [0, 0.05) is 26.1 Å². The van der Waals surface area contributed by atoms with E-state index in [2.05, 4.69) is 20.7 Å². The number of piperidine rings is 1. The van der Waals surface area contributed by atoms with E-state index in [-0.39, 0.29) is 5.91 Å². The van der Waals surface area contributed by atoms with Crippen molar-refractivity contribution >= 4 is 12.0 Å². The fourth-order valence-corrected chi connectivity index (χ4v) is 2.45. The zero-order valence-corrected chi connectivity index (χ0v) is 11.9. The maximum Gasteiger partial charge on any atom is 0.407 e. The molecule has 1 saturated heterocycles. The second-order valence-corrected chi connectivity index (χ2v) is 5.33. The summed E-state index contributed by atoms with van der Waals surface area (Å²) < 4.78 is 0. The van der Waals surface area contributed by atoms with Crippen molar-refractivity contribution in [3.05, 3.63) is 11.9 Å². The molecule has 1 aromatic heterocycles. The van der Waals surface area contributed by atoms with Gasteiger partial charge in [-0.2, -0.15) is 15.4 Å². The number of H-pyrrole nitrogens is 1. The molecule has 21 heavy (non-hydrogen) atoms. The minimum Gasteiger partial charge on any atom is -0.465 e. The number of nitrogens with one attached hydrogen (secondary N) is 2. The quantitative estimate of drug-likeness (QED) is 0.713. The van der Waals surface area contributed by atoms with Gasteiger partial charge >= 0.3 is 6.09 Å². The molecule has 0 bridgehead atoms. The van der Waals surface area contributed by atoms with Crippen molar-refractivity contribution in [2.24, 2.45) is 5.92 Å². The van der Waals surface area contributed by atoms with Crippen molar-refractivity contribution in [2.45, 2.75) is 32.1 Å². The zero-order chi connectivity index (χ0) is 15.1. The Kier molecular flexibility index (Phi) is 5.53. The topological polar surface area (TPSA) is 111 Å². The number of carbonyl (C=O) groups excluding carboxylic acids is 1. The Morgan fingerprint density at radius 1 is 1.43 bits per heavy atom. The van der Waals surface area contributed by atoms with Gasteiger partial charge in [-0.25, -0.2) is 4.79 Å². The van der Waals surface area contributed by atoms with Crippen molar-refractivity contribution in [2.75, 3.05) is 19.6 Å². The summed E-state index contributed by atoms with van der Waals surface area (Å²) in [6, 6.07) is 0. The number of carboxylic acid groups (broad SMARTS) is 1. The van der Waals surface area contributed by atoms with Crippen molar-refractivity contribution in [1.29, 1.82) is 0 Å². The molecule has 0 unspecified atom stereocenters. The molecule has 0 aliphatic carbocycles. The molecule has 1 fully saturated rings. The highest BCUT2D eigenvalue weighted by atomic mass is 16.4. The number of hydrogen-bond acceptors (Lipinski definition) is 4. The summed E-state index contributed by atoms with van der Waals surface area (Å²) in [6.07, 6.45) is 4.38. The standard InChI is InChI=1S/C13H21N5O3/c19-12(3-1-2-11-9-15-17-16-11)14-8-10-4-6-18(7-5-10)13(20)21/h9-10H,1-8H2,(H,14,19)(H,20,21)(H,15,16,17). The number of amides is 2. The normalized spacial score (nSPS) is 15.9. The van der Waals surface area contributed by atoms with Crippen LogP contribution in [0.15, 0.2) is 6.20 Å². The van der Waals surface area contributed by atoms with Gasteiger partial charge in [-0.05, 0) is 31.6 Å². The van der Waals surface area contributed by atoms with Gasteiger partial charge in [0.2, 0.25) is 5.91 Å². The van der Waals surface area contributed by atoms with Gasteiger partial charge in [0.25, 0.3) is 0 Å². The predicted octanol–water partition coefficient (Wildman–Crippen LogP) is 0.634. The van der Waals surface area contributed by atoms with Gasteiger partial charge in [0.05, 0.1) is 11.9 Å². The molecule has 0 spiro atoms. The molecule has 1 aliphatic rings. The lowest BCUT2D eigenvalue weighted by Gasteiger charge is -2.29. The van der Waals surface area contributed by atoms with Crippen LogP contribution in [0.25, 0.3) is 0 Å². The number of hydrogen-bond donors (Lipinski definition) is 3. The molecule has 2 amide bonds. The van der Waals surface area contributed by atoms with Gasteiger partial charge in [0.15, 0.2) is 0 Å². The van der Waals surface area contributed by atoms with Crippen molar-refractivity contribution in [1.82, 2.24) is 25.6 Å². The summed E-state index contributed by atoms with van der Waals surface area (Å²) in [5.74, 6) is 0.416. The first kappa shape index (κ1) is 15.3. The highest BCUT2D eigenvalue weighted by molar-refractivity contribution is 5.75. The predicted molar refractivity (Wildman–Crippen MR) is 74.7 cm³/mol. The Hall–Kier alpha value is -2.12. The molecule has 2 heterocycles. The van der Waals surface area contributed by atoms with E-state index in [1.54, 1.807) is 6.20 Å². The molecule has 8 heteroatoms. The van der Waals surface area contributed by atoms with Crippen LogP contribution >= 0.6 is 0 Å². The third kappa shape index (κ3) is 5.05. The van der Waals surface area contributed by atoms with Gasteiger partial charge < -0.3 is 15.3 Å². The highest BCUT2D eigenvalue weighted by Crippen LogP contribution is 2.16. The maximum absolute atomic E-state index is 11.7. The summed E-state index contributed by atoms with van der Waals surface area (Å²) in [5, 5.41) is 22.0. The van der Waals surface area contributed by atoms with Crippen LogP contribution in [0.2, 0.25) is 0 Å². The lowest BCUT2D eigenvalue weighted by Crippen LogP contribution is -2.40. The molecular formula is C13H21N5O3. The van der Waals surface area contributed by atoms with Gasteiger partial charge in [-0.3, -0.25) is 4.79 Å². The Labute approximate surface area is 122 Å². The monoisotopic (exact) mass is 295 g/mol. The van der Waals surface area contributed by atoms with E-state index in [1.165, 1.54) is 4.90 Å². The summed E-state index contributed by atoms with van der Waals surface area (Å²) in [7, 11) is 0. The van der Waals surface area contributed by atoms with E-state index in [0.717, 1.165) is 31.4 Å². The second-order valence-electron chi connectivity index (χ2n) is 5.33. The number of rotatable bonds is 6. The number of aromatic nitrogens is 3. The Balaban J connectivity index is 1.56. The van der Waals surface area contributed by atoms with Crippen LogP contribution in [-0.4, -0.2) is 57.1 Å². The molecule has 8 nitrogen and oxygen atoms in total. The fraction of sp³-hybridized carbons (Fsp3) is 0.692. The Bertz CT molecular complexity index is 454. The van der Waals surface area contributed by atoms with Crippen molar-refractivity contribution in [3.63, 3.8) is 0 Å². The third-order valence-corrected chi connectivity index (χ3v) is 3.77. The molecule has 0 saturated carbocycles. The summed E-state index contributed by atoms with van der Waals surface area (Å²) in [5.41, 5.74) is 0.865. The Morgan fingerprint density at radius 2 is 2.19 bits per heavy atom. The number of aromatic amines is 1. The zero-order valence-electron chi connectivity index (χ0n) is 11.9. The maximum atomic E-state index is 11.7. The molecular weight excluding hydrogens is 274 g/mol. The van der Waals surface area contributed by atoms with E-state index in [9.17, 15) is 9.59 Å². The second kappa shape index (κ2) is 7.61. The SMILES string of the molecule is O=C(CCCc1cn[nH]n1)NCC1CCN(C(=O)O)CC1. The number of nitrogens with zero attached hydrogens (tertiary/aromatic N) is 3. The molecule has 0 atom stereocenters. The number of carbonyl (C=O) groups is 2. The van der Waals surface area contributed by atoms with Gasteiger partial charge in [0.1, 0.15) is 0 Å². The van der Waals surface area contributed by atoms with E-state index in [0.29, 0.717) is 32.0 Å². The first-order valence-electron chi connectivity index (χ1n) is 7.24. The Morgan fingerprint density at radius 3 is 2.81 bits per heavy atom. The van der Waals surface area contributed by atoms with Crippen LogP contribution in [-0.2, 0) is 11.2 Å². The van der Waals surface area contributed by atoms with Crippen LogP contribution in [0.4, 0.5) is 4.79 Å². The summed E-state index contributed by atoms with van der Waals surface area (Å²) >= 11 is 0. The largest absolute Gasteiger partial charge is 0.465 e. The van der Waals surface area contributed by atoms with E-state index in [1.807, 2.05) is 0 Å². The lowest BCUT2D eigenvalue weighted by molar-refractivity contribution is -0.121. The van der Waals surface area contributed by atoms with E-state index < -0.39 is 6.09 Å². The van der Waals surface area contributed by atoms with Crippen molar-refractivity contribution in [3.8, 4) is 0 Å². The van der Waals surface area contributed by atoms with Crippen LogP contribution in [0, 0.1) is 5.92 Å². The average molecular weight is 295 g/mol. The molecule has 0 radical (unpaired) electrons. The first-order chi connectivity index (χ1) is 10.1. The average Bonchev–Trinajstić information content (AvgIpc) is 2.99. The third-order valence-electron chi connectivity index (χ3n) is 3.77. The van der Waals surface area contributed by atoms with Crippen LogP contribution < -0.4 is 5.32 Å². The summed E-state index contributed by atoms with van der Waals surface area (Å²) in [4.78, 5) is 23.9. The van der Waals surface area contributed by atoms with Crippen LogP contribution in [0.3, 0.4) is 0 Å². The fourth-order valence-electron chi connectivity index (χ4n) is 2.45. The van der Waals surface area contributed by atoms with Gasteiger partial charge in [-0.1, -0.05) is 0 Å². The highest BCUT2D eigenvalue weighted by Gasteiger charge is 2.22.